The lowest BCUT2D eigenvalue weighted by molar-refractivity contribution is -0.134. The number of aromatic amines is 1. The molecule has 0 fully saturated rings. The fraction of sp³-hybridized carbons (Fsp3) is 0.265. The van der Waals surface area contributed by atoms with Crippen LogP contribution in [0, 0.1) is 0 Å². The summed E-state index contributed by atoms with van der Waals surface area (Å²) >= 11 is 0. The van der Waals surface area contributed by atoms with Gasteiger partial charge in [-0.2, -0.15) is 0 Å². The van der Waals surface area contributed by atoms with Crippen LogP contribution >= 0.6 is 0 Å². The number of carbonyl (C=O) groups is 5. The van der Waals surface area contributed by atoms with Crippen LogP contribution < -0.4 is 26.4 Å². The highest BCUT2D eigenvalue weighted by Gasteiger charge is 2.27. The van der Waals surface area contributed by atoms with Gasteiger partial charge in [0.15, 0.2) is 0 Å². The van der Waals surface area contributed by atoms with Crippen LogP contribution in [-0.2, 0) is 36.8 Å². The number of nitrogens with two attached hydrogens (primary N) is 1. The van der Waals surface area contributed by atoms with E-state index in [0.717, 1.165) is 22.0 Å². The molecule has 11 heteroatoms. The number of hydrogen-bond acceptors (Lipinski definition) is 6. The molecule has 0 aliphatic heterocycles. The van der Waals surface area contributed by atoms with Gasteiger partial charge in [0.25, 0.3) is 0 Å². The van der Waals surface area contributed by atoms with Gasteiger partial charge in [0, 0.05) is 54.9 Å². The molecular formula is C34H37N5O6. The summed E-state index contributed by atoms with van der Waals surface area (Å²) in [5.41, 5.74) is 8.65. The van der Waals surface area contributed by atoms with Crippen LogP contribution in [-0.4, -0.2) is 46.7 Å². The van der Waals surface area contributed by atoms with Crippen molar-refractivity contribution in [2.24, 2.45) is 5.73 Å². The van der Waals surface area contributed by atoms with E-state index in [-0.39, 0.29) is 31.7 Å². The van der Waals surface area contributed by atoms with Crippen LogP contribution in [0.4, 0.5) is 5.69 Å². The van der Waals surface area contributed by atoms with Crippen LogP contribution in [0.2, 0.25) is 0 Å². The maximum Gasteiger partial charge on any atom is 0.311 e. The van der Waals surface area contributed by atoms with Crippen molar-refractivity contribution in [1.29, 1.82) is 0 Å². The van der Waals surface area contributed by atoms with Gasteiger partial charge in [-0.25, -0.2) is 0 Å². The fourth-order valence-electron chi connectivity index (χ4n) is 4.78. The maximum absolute atomic E-state index is 13.4. The lowest BCUT2D eigenvalue weighted by Gasteiger charge is -2.22. The molecule has 0 saturated carbocycles. The Morgan fingerprint density at radius 3 is 2.18 bits per heavy atom. The number of esters is 1. The number of primary amides is 1. The molecule has 0 unspecified atom stereocenters. The van der Waals surface area contributed by atoms with E-state index >= 15 is 0 Å². The SMILES string of the molecule is CCCC(=O)Oc1ccc(NC(=O)CCC(=O)N[C@@H](Cc2ccccc2)C(=O)N[C@@H](Cc2c[nH]c3ccccc23)C(N)=O)cc1. The first-order chi connectivity index (χ1) is 21.7. The van der Waals surface area contributed by atoms with Gasteiger partial charge in [-0.3, -0.25) is 24.0 Å². The van der Waals surface area contributed by atoms with Crippen LogP contribution in [0.5, 0.6) is 5.75 Å². The number of nitrogens with one attached hydrogen (secondary N) is 4. The number of amides is 4. The molecule has 1 heterocycles. The number of H-pyrrole nitrogens is 1. The molecule has 3 aromatic carbocycles. The Hall–Kier alpha value is -5.45. The van der Waals surface area contributed by atoms with Gasteiger partial charge in [-0.05, 0) is 47.9 Å². The van der Waals surface area contributed by atoms with Crippen molar-refractivity contribution >= 4 is 46.2 Å². The van der Waals surface area contributed by atoms with E-state index in [4.69, 9.17) is 10.5 Å². The van der Waals surface area contributed by atoms with Crippen molar-refractivity contribution in [2.45, 2.75) is 57.5 Å². The number of rotatable bonds is 15. The minimum Gasteiger partial charge on any atom is -0.427 e. The molecule has 0 bridgehead atoms. The molecule has 11 nitrogen and oxygen atoms in total. The average molecular weight is 612 g/mol. The van der Waals surface area contributed by atoms with Crippen molar-refractivity contribution < 1.29 is 28.7 Å². The molecule has 0 radical (unpaired) electrons. The summed E-state index contributed by atoms with van der Waals surface area (Å²) < 4.78 is 5.21. The third kappa shape index (κ3) is 9.78. The molecule has 45 heavy (non-hydrogen) atoms. The molecule has 4 aromatic rings. The first-order valence-corrected chi connectivity index (χ1v) is 14.8. The van der Waals surface area contributed by atoms with Crippen LogP contribution in [0.25, 0.3) is 10.9 Å². The maximum atomic E-state index is 13.4. The van der Waals surface area contributed by atoms with Crippen molar-refractivity contribution in [2.75, 3.05) is 5.32 Å². The Kier molecular flexibility index (Phi) is 11.4. The highest BCUT2D eigenvalue weighted by Crippen LogP contribution is 2.20. The zero-order chi connectivity index (χ0) is 32.2. The van der Waals surface area contributed by atoms with Gasteiger partial charge in [0.1, 0.15) is 17.8 Å². The van der Waals surface area contributed by atoms with Crippen LogP contribution in [0.15, 0.2) is 85.1 Å². The first-order valence-electron chi connectivity index (χ1n) is 14.8. The van der Waals surface area contributed by atoms with Crippen LogP contribution in [0.3, 0.4) is 0 Å². The van der Waals surface area contributed by atoms with E-state index < -0.39 is 35.7 Å². The Balaban J connectivity index is 1.35. The van der Waals surface area contributed by atoms with Crippen LogP contribution in [0.1, 0.15) is 43.7 Å². The number of fused-ring (bicyclic) bond motifs is 1. The third-order valence-corrected chi connectivity index (χ3v) is 7.10. The summed E-state index contributed by atoms with van der Waals surface area (Å²) in [6.07, 6.45) is 2.79. The molecule has 2 atom stereocenters. The molecule has 0 aliphatic carbocycles. The summed E-state index contributed by atoms with van der Waals surface area (Å²) in [7, 11) is 0. The summed E-state index contributed by atoms with van der Waals surface area (Å²) in [6.45, 7) is 1.88. The molecule has 0 spiro atoms. The normalized spacial score (nSPS) is 12.1. The molecule has 0 aliphatic rings. The van der Waals surface area contributed by atoms with E-state index in [1.165, 1.54) is 0 Å². The standard InChI is InChI=1S/C34H37N5O6/c1-2-8-32(42)45-25-15-13-24(14-16-25)37-30(40)17-18-31(41)38-29(19-22-9-4-3-5-10-22)34(44)39-28(33(35)43)20-23-21-36-27-12-7-6-11-26(23)27/h3-7,9-16,21,28-29,36H,2,8,17-20H2,1H3,(H2,35,43)(H,37,40)(H,38,41)(H,39,44)/t28-,29-/m0/s1. The number of carbonyl (C=O) groups excluding carboxylic acids is 5. The summed E-state index contributed by atoms with van der Waals surface area (Å²) in [6, 6.07) is 21.0. The highest BCUT2D eigenvalue weighted by atomic mass is 16.5. The highest BCUT2D eigenvalue weighted by molar-refractivity contribution is 5.95. The molecular weight excluding hydrogens is 574 g/mol. The number of hydrogen-bond donors (Lipinski definition) is 5. The minimum absolute atomic E-state index is 0.136. The number of aromatic nitrogens is 1. The summed E-state index contributed by atoms with van der Waals surface area (Å²) in [5, 5.41) is 9.04. The predicted molar refractivity (Wildman–Crippen MR) is 170 cm³/mol. The lowest BCUT2D eigenvalue weighted by atomic mass is 10.0. The summed E-state index contributed by atoms with van der Waals surface area (Å²) in [5.74, 6) is -2.15. The fourth-order valence-corrected chi connectivity index (χ4v) is 4.78. The number of ether oxygens (including phenoxy) is 1. The smallest absolute Gasteiger partial charge is 0.311 e. The number of anilines is 1. The number of benzene rings is 3. The van der Waals surface area contributed by atoms with E-state index in [1.807, 2.05) is 61.5 Å². The quantitative estimate of drug-likeness (QED) is 0.102. The second kappa shape index (κ2) is 15.9. The van der Waals surface area contributed by atoms with E-state index in [0.29, 0.717) is 24.3 Å². The zero-order valence-corrected chi connectivity index (χ0v) is 25.0. The number of para-hydroxylation sites is 1. The monoisotopic (exact) mass is 611 g/mol. The minimum atomic E-state index is -1.02. The lowest BCUT2D eigenvalue weighted by Crippen LogP contribution is -2.54. The van der Waals surface area contributed by atoms with Gasteiger partial charge in [-0.1, -0.05) is 55.5 Å². The molecule has 1 aromatic heterocycles. The topological polar surface area (TPSA) is 172 Å². The second-order valence-corrected chi connectivity index (χ2v) is 10.6. The zero-order valence-electron chi connectivity index (χ0n) is 25.0. The van der Waals surface area contributed by atoms with Crippen molar-refractivity contribution in [3.8, 4) is 5.75 Å². The van der Waals surface area contributed by atoms with E-state index in [2.05, 4.69) is 20.9 Å². The van der Waals surface area contributed by atoms with Gasteiger partial charge >= 0.3 is 5.97 Å². The van der Waals surface area contributed by atoms with Crippen molar-refractivity contribution in [1.82, 2.24) is 15.6 Å². The Labute approximate surface area is 260 Å². The van der Waals surface area contributed by atoms with Crippen molar-refractivity contribution in [3.63, 3.8) is 0 Å². The van der Waals surface area contributed by atoms with E-state index in [1.54, 1.807) is 30.5 Å². The second-order valence-electron chi connectivity index (χ2n) is 10.6. The first kappa shape index (κ1) is 32.5. The Morgan fingerprint density at radius 2 is 1.47 bits per heavy atom. The van der Waals surface area contributed by atoms with Crippen molar-refractivity contribution in [3.05, 3.63) is 96.2 Å². The van der Waals surface area contributed by atoms with Gasteiger partial charge in [-0.15, -0.1) is 0 Å². The molecule has 0 saturated heterocycles. The van der Waals surface area contributed by atoms with E-state index in [9.17, 15) is 24.0 Å². The van der Waals surface area contributed by atoms with Gasteiger partial charge in [0.05, 0.1) is 0 Å². The molecule has 4 rings (SSSR count). The summed E-state index contributed by atoms with van der Waals surface area (Å²) in [4.78, 5) is 66.1. The Bertz CT molecular complexity index is 1630. The largest absolute Gasteiger partial charge is 0.427 e. The Morgan fingerprint density at radius 1 is 0.778 bits per heavy atom. The molecule has 6 N–H and O–H groups in total. The van der Waals surface area contributed by atoms with Gasteiger partial charge < -0.3 is 31.4 Å². The molecule has 4 amide bonds. The molecule has 234 valence electrons. The van der Waals surface area contributed by atoms with Gasteiger partial charge in [0.2, 0.25) is 23.6 Å². The average Bonchev–Trinajstić information content (AvgIpc) is 3.43. The third-order valence-electron chi connectivity index (χ3n) is 7.10. The predicted octanol–water partition coefficient (Wildman–Crippen LogP) is 3.53.